The third kappa shape index (κ3) is 10.6. The van der Waals surface area contributed by atoms with Gasteiger partial charge < -0.3 is 15.2 Å². The van der Waals surface area contributed by atoms with Crippen LogP contribution in [-0.2, 0) is 25.5 Å². The van der Waals surface area contributed by atoms with Gasteiger partial charge in [0.05, 0.1) is 19.1 Å². The minimum Gasteiger partial charge on any atom is -0.465 e. The first-order chi connectivity index (χ1) is 22.3. The molecule has 1 atom stereocenters. The normalized spacial score (nSPS) is 22.3. The van der Waals surface area contributed by atoms with Gasteiger partial charge in [-0.15, -0.1) is 0 Å². The Morgan fingerprint density at radius 1 is 0.826 bits per heavy atom. The predicted octanol–water partition coefficient (Wildman–Crippen LogP) is 9.43. The van der Waals surface area contributed by atoms with Crippen molar-refractivity contribution in [1.82, 2.24) is 0 Å². The lowest BCUT2D eigenvalue weighted by molar-refractivity contribution is -0.150. The minimum atomic E-state index is -0.432. The highest BCUT2D eigenvalue weighted by Crippen LogP contribution is 2.45. The van der Waals surface area contributed by atoms with Crippen LogP contribution in [0.3, 0.4) is 0 Å². The van der Waals surface area contributed by atoms with E-state index in [1.165, 1.54) is 86.5 Å². The van der Waals surface area contributed by atoms with Gasteiger partial charge in [-0.3, -0.25) is 4.79 Å². The highest BCUT2D eigenvalue weighted by atomic mass is 16.5. The Labute approximate surface area is 278 Å². The molecule has 2 aliphatic rings. The molecule has 2 saturated carbocycles. The average molecular weight is 630 g/mol. The van der Waals surface area contributed by atoms with Crippen molar-refractivity contribution in [2.24, 2.45) is 35.3 Å². The van der Waals surface area contributed by atoms with Crippen molar-refractivity contribution < 1.29 is 19.1 Å². The summed E-state index contributed by atoms with van der Waals surface area (Å²) >= 11 is 0. The second kappa shape index (κ2) is 18.4. The molecule has 2 N–H and O–H groups in total. The van der Waals surface area contributed by atoms with Crippen LogP contribution in [0, 0.1) is 29.6 Å². The summed E-state index contributed by atoms with van der Waals surface area (Å²) in [6.07, 6.45) is 15.7. The van der Waals surface area contributed by atoms with Gasteiger partial charge in [0.1, 0.15) is 0 Å². The van der Waals surface area contributed by atoms with Gasteiger partial charge in [-0.25, -0.2) is 4.79 Å². The topological polar surface area (TPSA) is 78.6 Å². The molecule has 2 aromatic carbocycles. The molecule has 0 aliphatic heterocycles. The maximum Gasteiger partial charge on any atom is 0.334 e. The highest BCUT2D eigenvalue weighted by molar-refractivity contribution is 5.88. The van der Waals surface area contributed by atoms with Crippen molar-refractivity contribution in [3.8, 4) is 11.1 Å². The number of unbranched alkanes of at least 4 members (excludes halogenated alkanes) is 2. The molecule has 0 spiro atoms. The zero-order valence-corrected chi connectivity index (χ0v) is 28.8. The molecule has 0 heterocycles. The fourth-order valence-electron chi connectivity index (χ4n) is 7.70. The number of aryl methyl sites for hydroxylation is 1. The zero-order valence-electron chi connectivity index (χ0n) is 28.8. The lowest BCUT2D eigenvalue weighted by atomic mass is 9.66. The summed E-state index contributed by atoms with van der Waals surface area (Å²) in [5, 5.41) is 0. The second-order valence-corrected chi connectivity index (χ2v) is 14.3. The van der Waals surface area contributed by atoms with Gasteiger partial charge in [-0.1, -0.05) is 88.7 Å². The predicted molar refractivity (Wildman–Crippen MR) is 188 cm³/mol. The molecule has 2 aliphatic carbocycles. The Bertz CT molecular complexity index is 1220. The van der Waals surface area contributed by atoms with Crippen LogP contribution in [0.5, 0.6) is 0 Å². The summed E-state index contributed by atoms with van der Waals surface area (Å²) in [7, 11) is 0. The summed E-state index contributed by atoms with van der Waals surface area (Å²) in [6.45, 7) is 10.5. The van der Waals surface area contributed by atoms with E-state index in [9.17, 15) is 9.59 Å². The summed E-state index contributed by atoms with van der Waals surface area (Å²) in [6, 6.07) is 18.5. The fourth-order valence-corrected chi connectivity index (χ4v) is 7.70. The first-order valence-electron chi connectivity index (χ1n) is 18.2. The number of esters is 2. The molecule has 0 saturated heterocycles. The molecule has 4 rings (SSSR count). The van der Waals surface area contributed by atoms with E-state index in [-0.39, 0.29) is 29.9 Å². The van der Waals surface area contributed by atoms with E-state index in [4.69, 9.17) is 15.2 Å². The number of nitrogens with two attached hydrogens (primary N) is 1. The van der Waals surface area contributed by atoms with E-state index in [1.807, 2.05) is 13.8 Å². The van der Waals surface area contributed by atoms with Crippen LogP contribution in [-0.4, -0.2) is 31.7 Å². The lowest BCUT2D eigenvalue weighted by Gasteiger charge is -2.40. The molecule has 2 fully saturated rings. The Hall–Kier alpha value is -2.92. The SMILES string of the molecule is C=C(CN)C(=O)OCCC(COC(=O)C(C)C)C1CCC(C2CCC(c3ccc(-c4ccc(CCCCC)cc4)cc3)CC2)CC1. The Morgan fingerprint density at radius 3 is 1.98 bits per heavy atom. The fraction of sp³-hybridized carbons (Fsp3) is 0.610. The number of hydrogen-bond acceptors (Lipinski definition) is 5. The minimum absolute atomic E-state index is 0.0979. The van der Waals surface area contributed by atoms with Gasteiger partial charge in [0, 0.05) is 12.1 Å². The summed E-state index contributed by atoms with van der Waals surface area (Å²) < 4.78 is 11.1. The first-order valence-corrected chi connectivity index (χ1v) is 18.2. The highest BCUT2D eigenvalue weighted by Gasteiger charge is 2.34. The molecular formula is C41H59NO4. The first kappa shape index (κ1) is 35.9. The molecule has 5 heteroatoms. The van der Waals surface area contributed by atoms with Crippen LogP contribution in [0.4, 0.5) is 0 Å². The van der Waals surface area contributed by atoms with Crippen molar-refractivity contribution in [3.05, 3.63) is 71.8 Å². The van der Waals surface area contributed by atoms with E-state index in [0.717, 1.165) is 24.7 Å². The van der Waals surface area contributed by atoms with Crippen molar-refractivity contribution in [2.45, 2.75) is 110 Å². The van der Waals surface area contributed by atoms with Crippen molar-refractivity contribution in [3.63, 3.8) is 0 Å². The van der Waals surface area contributed by atoms with E-state index in [2.05, 4.69) is 62.0 Å². The van der Waals surface area contributed by atoms with Gasteiger partial charge in [-0.2, -0.15) is 0 Å². The van der Waals surface area contributed by atoms with Crippen LogP contribution in [0.25, 0.3) is 11.1 Å². The van der Waals surface area contributed by atoms with E-state index < -0.39 is 5.97 Å². The largest absolute Gasteiger partial charge is 0.465 e. The summed E-state index contributed by atoms with van der Waals surface area (Å²) in [4.78, 5) is 24.3. The smallest absolute Gasteiger partial charge is 0.334 e. The summed E-state index contributed by atoms with van der Waals surface area (Å²) in [5.41, 5.74) is 11.4. The molecule has 252 valence electrons. The third-order valence-electron chi connectivity index (χ3n) is 10.8. The van der Waals surface area contributed by atoms with Gasteiger partial charge in [0.25, 0.3) is 0 Å². The van der Waals surface area contributed by atoms with E-state index in [0.29, 0.717) is 31.5 Å². The molecule has 0 radical (unpaired) electrons. The van der Waals surface area contributed by atoms with Crippen molar-refractivity contribution in [2.75, 3.05) is 19.8 Å². The third-order valence-corrected chi connectivity index (χ3v) is 10.8. The Morgan fingerprint density at radius 2 is 1.41 bits per heavy atom. The Kier molecular flexibility index (Phi) is 14.4. The second-order valence-electron chi connectivity index (χ2n) is 14.3. The van der Waals surface area contributed by atoms with Crippen LogP contribution in [0.15, 0.2) is 60.7 Å². The number of ether oxygens (including phenoxy) is 2. The maximum atomic E-state index is 12.2. The quantitative estimate of drug-likeness (QED) is 0.114. The number of benzene rings is 2. The molecule has 2 aromatic rings. The molecule has 0 bridgehead atoms. The zero-order chi connectivity index (χ0) is 32.9. The standard InChI is InChI=1S/C41H59NO4/c1-5-6-7-8-31-9-11-32(12-10-31)33-13-15-34(16-14-33)35-17-19-36(20-18-35)37-21-23-38(24-22-37)39(28-46-40(43)29(2)3)25-26-45-41(44)30(4)27-42/h9-16,29,35-39H,4-8,17-28,42H2,1-3H3. The summed E-state index contributed by atoms with van der Waals surface area (Å²) in [5.74, 6) is 2.21. The Balaban J connectivity index is 1.23. The number of carbonyl (C=O) groups is 2. The molecule has 0 amide bonds. The molecule has 5 nitrogen and oxygen atoms in total. The molecule has 46 heavy (non-hydrogen) atoms. The number of rotatable bonds is 16. The van der Waals surface area contributed by atoms with Crippen LogP contribution < -0.4 is 5.73 Å². The van der Waals surface area contributed by atoms with Crippen LogP contribution in [0.1, 0.15) is 115 Å². The van der Waals surface area contributed by atoms with E-state index >= 15 is 0 Å². The number of hydrogen-bond donors (Lipinski definition) is 1. The molecular weight excluding hydrogens is 570 g/mol. The van der Waals surface area contributed by atoms with Crippen molar-refractivity contribution >= 4 is 11.9 Å². The molecule has 0 aromatic heterocycles. The van der Waals surface area contributed by atoms with E-state index in [1.54, 1.807) is 0 Å². The van der Waals surface area contributed by atoms with Crippen LogP contribution in [0.2, 0.25) is 0 Å². The maximum absolute atomic E-state index is 12.2. The number of carbonyl (C=O) groups excluding carboxylic acids is 2. The average Bonchev–Trinajstić information content (AvgIpc) is 3.09. The monoisotopic (exact) mass is 629 g/mol. The van der Waals surface area contributed by atoms with Gasteiger partial charge in [0.2, 0.25) is 0 Å². The van der Waals surface area contributed by atoms with Gasteiger partial charge in [-0.05, 0) is 122 Å². The van der Waals surface area contributed by atoms with Crippen molar-refractivity contribution in [1.29, 1.82) is 0 Å². The van der Waals surface area contributed by atoms with Gasteiger partial charge in [0.15, 0.2) is 0 Å². The molecule has 1 unspecified atom stereocenters. The van der Waals surface area contributed by atoms with Gasteiger partial charge >= 0.3 is 11.9 Å². The lowest BCUT2D eigenvalue weighted by Crippen LogP contribution is -2.31. The van der Waals surface area contributed by atoms with Crippen LogP contribution >= 0.6 is 0 Å².